The third-order valence-corrected chi connectivity index (χ3v) is 5.18. The van der Waals surface area contributed by atoms with Gasteiger partial charge in [0.25, 0.3) is 0 Å². The number of ether oxygens (including phenoxy) is 1. The topological polar surface area (TPSA) is 46.6 Å². The van der Waals surface area contributed by atoms with Crippen molar-refractivity contribution in [3.8, 4) is 0 Å². The largest absolute Gasteiger partial charge is 0.467 e. The Kier molecular flexibility index (Phi) is 5.03. The highest BCUT2D eigenvalue weighted by atomic mass is 16.5. The molecule has 1 aliphatic heterocycles. The van der Waals surface area contributed by atoms with E-state index in [1.54, 1.807) is 0 Å². The Bertz CT molecular complexity index is 638. The number of Topliss-reactive ketones (excluding diaryl/α,β-unsaturated/α-hetero) is 1. The minimum Gasteiger partial charge on any atom is -0.467 e. The molecule has 0 bridgehead atoms. The quantitative estimate of drug-likeness (QED) is 0.750. The van der Waals surface area contributed by atoms with Crippen molar-refractivity contribution >= 4 is 11.8 Å². The van der Waals surface area contributed by atoms with E-state index < -0.39 is 6.04 Å². The Morgan fingerprint density at radius 2 is 2.08 bits per heavy atom. The van der Waals surface area contributed by atoms with Crippen LogP contribution < -0.4 is 0 Å². The molecule has 0 N–H and O–H groups in total. The van der Waals surface area contributed by atoms with Crippen molar-refractivity contribution in [1.29, 1.82) is 0 Å². The fraction of sp³-hybridized carbons (Fsp3) is 0.500. The summed E-state index contributed by atoms with van der Waals surface area (Å²) >= 11 is 0. The first-order chi connectivity index (χ1) is 11.7. The minimum atomic E-state index is -0.476. The number of esters is 1. The molecule has 1 aliphatic carbocycles. The van der Waals surface area contributed by atoms with Crippen LogP contribution in [0.15, 0.2) is 42.1 Å². The Hall–Kier alpha value is -2.10. The average Bonchev–Trinajstić information content (AvgIpc) is 3.13. The van der Waals surface area contributed by atoms with Crippen LogP contribution in [0, 0.1) is 11.8 Å². The van der Waals surface area contributed by atoms with E-state index in [1.165, 1.54) is 12.7 Å². The van der Waals surface area contributed by atoms with Gasteiger partial charge in [-0.2, -0.15) is 0 Å². The summed E-state index contributed by atoms with van der Waals surface area (Å²) in [6.07, 6.45) is 6.10. The number of methoxy groups -OCH3 is 1. The number of hydrogen-bond donors (Lipinski definition) is 0. The molecule has 3 atom stereocenters. The second-order valence-electron chi connectivity index (χ2n) is 6.74. The lowest BCUT2D eigenvalue weighted by Gasteiger charge is -2.27. The fourth-order valence-corrected chi connectivity index (χ4v) is 3.91. The monoisotopic (exact) mass is 327 g/mol. The van der Waals surface area contributed by atoms with E-state index in [2.05, 4.69) is 6.92 Å². The lowest BCUT2D eigenvalue weighted by Crippen LogP contribution is -2.33. The normalized spacial score (nSPS) is 23.8. The molecule has 0 radical (unpaired) electrons. The predicted molar refractivity (Wildman–Crippen MR) is 92.1 cm³/mol. The van der Waals surface area contributed by atoms with Crippen LogP contribution in [-0.2, 0) is 14.3 Å². The van der Waals surface area contributed by atoms with Crippen LogP contribution in [0.5, 0.6) is 0 Å². The van der Waals surface area contributed by atoms with Crippen molar-refractivity contribution < 1.29 is 14.3 Å². The average molecular weight is 327 g/mol. The van der Waals surface area contributed by atoms with Gasteiger partial charge in [0.05, 0.1) is 13.0 Å². The Balaban J connectivity index is 1.80. The lowest BCUT2D eigenvalue weighted by molar-refractivity contribution is -0.146. The van der Waals surface area contributed by atoms with Crippen molar-refractivity contribution in [3.63, 3.8) is 0 Å². The van der Waals surface area contributed by atoms with Gasteiger partial charge in [-0.1, -0.05) is 50.1 Å². The Morgan fingerprint density at radius 1 is 1.33 bits per heavy atom. The molecule has 0 spiro atoms. The van der Waals surface area contributed by atoms with Crippen molar-refractivity contribution in [2.75, 3.05) is 13.7 Å². The predicted octanol–water partition coefficient (Wildman–Crippen LogP) is 3.50. The zero-order valence-electron chi connectivity index (χ0n) is 14.4. The first-order valence-corrected chi connectivity index (χ1v) is 8.78. The number of benzene rings is 1. The van der Waals surface area contributed by atoms with Crippen LogP contribution >= 0.6 is 0 Å². The van der Waals surface area contributed by atoms with E-state index in [4.69, 9.17) is 4.74 Å². The molecule has 0 amide bonds. The molecule has 1 saturated carbocycles. The maximum atomic E-state index is 12.7. The molecular formula is C20H25NO3. The second kappa shape index (κ2) is 7.20. The van der Waals surface area contributed by atoms with E-state index in [-0.39, 0.29) is 17.8 Å². The van der Waals surface area contributed by atoms with Gasteiger partial charge in [0, 0.05) is 18.7 Å². The first-order valence-electron chi connectivity index (χ1n) is 8.78. The highest BCUT2D eigenvalue weighted by molar-refractivity contribution is 5.90. The molecule has 0 aromatic heterocycles. The number of ketones is 1. The summed E-state index contributed by atoms with van der Waals surface area (Å²) in [5.74, 6) is 0.209. The molecule has 3 rings (SSSR count). The zero-order chi connectivity index (χ0) is 17.1. The van der Waals surface area contributed by atoms with E-state index in [0.29, 0.717) is 12.3 Å². The van der Waals surface area contributed by atoms with Crippen LogP contribution in [0.4, 0.5) is 0 Å². The number of fused-ring (bicyclic) bond motifs is 1. The molecule has 128 valence electrons. The van der Waals surface area contributed by atoms with Gasteiger partial charge in [0.2, 0.25) is 0 Å². The van der Waals surface area contributed by atoms with E-state index in [0.717, 1.165) is 31.2 Å². The van der Waals surface area contributed by atoms with Crippen LogP contribution in [0.2, 0.25) is 0 Å². The van der Waals surface area contributed by atoms with Crippen LogP contribution in [0.1, 0.15) is 44.2 Å². The Morgan fingerprint density at radius 3 is 2.71 bits per heavy atom. The number of carbonyl (C=O) groups is 2. The van der Waals surface area contributed by atoms with Gasteiger partial charge in [-0.05, 0) is 24.0 Å². The molecule has 4 heteroatoms. The summed E-state index contributed by atoms with van der Waals surface area (Å²) in [5, 5.41) is 0. The third kappa shape index (κ3) is 3.10. The lowest BCUT2D eigenvalue weighted by atomic mass is 9.97. The van der Waals surface area contributed by atoms with E-state index >= 15 is 0 Å². The smallest absolute Gasteiger partial charge is 0.333 e. The molecule has 0 saturated heterocycles. The molecule has 2 aliphatic rings. The molecule has 1 heterocycles. The van der Waals surface area contributed by atoms with Gasteiger partial charge >= 0.3 is 5.97 Å². The maximum absolute atomic E-state index is 12.7. The number of nitrogens with zero attached hydrogens (tertiary/aromatic N) is 1. The highest BCUT2D eigenvalue weighted by Crippen LogP contribution is 2.42. The second-order valence-corrected chi connectivity index (χ2v) is 6.74. The summed E-state index contributed by atoms with van der Waals surface area (Å²) in [4.78, 5) is 27.0. The molecule has 4 nitrogen and oxygen atoms in total. The van der Waals surface area contributed by atoms with Crippen LogP contribution in [0.25, 0.3) is 0 Å². The molecule has 1 aromatic carbocycles. The maximum Gasteiger partial charge on any atom is 0.333 e. The highest BCUT2D eigenvalue weighted by Gasteiger charge is 2.44. The standard InChI is InChI=1S/C20H25NO3/c1-3-4-8-15-11-16-12-21(13-17(16)19(15)22)18(20(23)24-2)14-9-6-5-7-10-14/h5-7,9-10,12,15,17-18H,3-4,8,11,13H2,1-2H3/t15?,17-,18?/m1/s1. The van der Waals surface area contributed by atoms with Crippen molar-refractivity contribution in [1.82, 2.24) is 4.90 Å². The minimum absolute atomic E-state index is 0.0391. The van der Waals surface area contributed by atoms with Crippen LogP contribution in [0.3, 0.4) is 0 Å². The summed E-state index contributed by atoms with van der Waals surface area (Å²) < 4.78 is 5.01. The summed E-state index contributed by atoms with van der Waals surface area (Å²) in [5.41, 5.74) is 2.09. The van der Waals surface area contributed by atoms with Gasteiger partial charge in [-0.15, -0.1) is 0 Å². The molecule has 2 unspecified atom stereocenters. The van der Waals surface area contributed by atoms with Crippen molar-refractivity contribution in [3.05, 3.63) is 47.7 Å². The molecule has 24 heavy (non-hydrogen) atoms. The van der Waals surface area contributed by atoms with Crippen molar-refractivity contribution in [2.24, 2.45) is 11.8 Å². The van der Waals surface area contributed by atoms with Gasteiger partial charge in [-0.25, -0.2) is 4.79 Å². The summed E-state index contributed by atoms with van der Waals surface area (Å²) in [7, 11) is 1.41. The summed E-state index contributed by atoms with van der Waals surface area (Å²) in [6.45, 7) is 2.74. The van der Waals surface area contributed by atoms with E-state index in [1.807, 2.05) is 41.4 Å². The van der Waals surface area contributed by atoms with Gasteiger partial charge < -0.3 is 9.64 Å². The van der Waals surface area contributed by atoms with Crippen LogP contribution in [-0.4, -0.2) is 30.3 Å². The number of unbranched alkanes of at least 4 members (excludes halogenated alkanes) is 1. The van der Waals surface area contributed by atoms with Gasteiger partial charge in [0.15, 0.2) is 6.04 Å². The fourth-order valence-electron chi connectivity index (χ4n) is 3.91. The number of carbonyl (C=O) groups excluding carboxylic acids is 2. The number of hydrogen-bond acceptors (Lipinski definition) is 4. The zero-order valence-corrected chi connectivity index (χ0v) is 14.4. The summed E-state index contributed by atoms with van der Waals surface area (Å²) in [6, 6.07) is 9.15. The molecule has 1 fully saturated rings. The van der Waals surface area contributed by atoms with Gasteiger partial charge in [0.1, 0.15) is 5.78 Å². The first kappa shape index (κ1) is 16.7. The third-order valence-electron chi connectivity index (χ3n) is 5.18. The molecule has 1 aromatic rings. The van der Waals surface area contributed by atoms with Gasteiger partial charge in [-0.3, -0.25) is 4.79 Å². The molecular weight excluding hydrogens is 302 g/mol. The van der Waals surface area contributed by atoms with Crippen molar-refractivity contribution in [2.45, 2.75) is 38.6 Å². The van der Waals surface area contributed by atoms with E-state index in [9.17, 15) is 9.59 Å². The SMILES string of the molecule is CCCCC1CC2=CN(C(C(=O)OC)c3ccccc3)C[C@H]2C1=O. The number of rotatable bonds is 6. The Labute approximate surface area is 143 Å².